The van der Waals surface area contributed by atoms with Gasteiger partial charge in [-0.2, -0.15) is 0 Å². The van der Waals surface area contributed by atoms with Crippen molar-refractivity contribution >= 4 is 11.9 Å². The van der Waals surface area contributed by atoms with E-state index in [2.05, 4.69) is 31.3 Å². The standard InChI is InChI=1S/C17H23NO3/c1-11-5-3-4-6-15(11)12(2)9-16(19)18-14-8-7-13(10-14)17(20)21/h3-6,12-14H,7-10H2,1-2H3,(H,18,19)(H,20,21)/t12-,13-,14+/m1/s1. The van der Waals surface area contributed by atoms with Crippen molar-refractivity contribution in [1.82, 2.24) is 5.32 Å². The maximum Gasteiger partial charge on any atom is 0.306 e. The van der Waals surface area contributed by atoms with Crippen molar-refractivity contribution in [2.75, 3.05) is 0 Å². The number of aliphatic carboxylic acids is 1. The molecule has 0 radical (unpaired) electrons. The molecule has 1 aromatic rings. The first kappa shape index (κ1) is 15.5. The number of hydrogen-bond acceptors (Lipinski definition) is 2. The second kappa shape index (κ2) is 6.74. The van der Waals surface area contributed by atoms with Crippen LogP contribution in [0.15, 0.2) is 24.3 Å². The van der Waals surface area contributed by atoms with E-state index in [-0.39, 0.29) is 23.8 Å². The van der Waals surface area contributed by atoms with Gasteiger partial charge in [-0.1, -0.05) is 31.2 Å². The molecule has 0 heterocycles. The molecular weight excluding hydrogens is 266 g/mol. The van der Waals surface area contributed by atoms with Gasteiger partial charge in [0, 0.05) is 12.5 Å². The molecule has 4 nitrogen and oxygen atoms in total. The number of carboxylic acid groups (broad SMARTS) is 1. The van der Waals surface area contributed by atoms with Crippen LogP contribution >= 0.6 is 0 Å². The third kappa shape index (κ3) is 4.06. The van der Waals surface area contributed by atoms with Gasteiger partial charge in [-0.25, -0.2) is 0 Å². The fourth-order valence-electron chi connectivity index (χ4n) is 3.15. The molecule has 2 N–H and O–H groups in total. The van der Waals surface area contributed by atoms with E-state index >= 15 is 0 Å². The zero-order chi connectivity index (χ0) is 15.4. The molecule has 0 unspecified atom stereocenters. The van der Waals surface area contributed by atoms with Crippen molar-refractivity contribution in [3.05, 3.63) is 35.4 Å². The van der Waals surface area contributed by atoms with E-state index in [9.17, 15) is 9.59 Å². The predicted molar refractivity (Wildman–Crippen MR) is 81.1 cm³/mol. The van der Waals surface area contributed by atoms with E-state index < -0.39 is 5.97 Å². The Kier molecular flexibility index (Phi) is 4.99. The van der Waals surface area contributed by atoms with Crippen LogP contribution in [0.5, 0.6) is 0 Å². The Hall–Kier alpha value is -1.84. The fraction of sp³-hybridized carbons (Fsp3) is 0.529. The Bertz CT molecular complexity index is 527. The number of carbonyl (C=O) groups is 2. The highest BCUT2D eigenvalue weighted by Gasteiger charge is 2.30. The van der Waals surface area contributed by atoms with Gasteiger partial charge in [0.05, 0.1) is 5.92 Å². The van der Waals surface area contributed by atoms with Gasteiger partial charge in [-0.15, -0.1) is 0 Å². The summed E-state index contributed by atoms with van der Waals surface area (Å²) in [6.07, 6.45) is 2.42. The first-order chi connectivity index (χ1) is 9.97. The van der Waals surface area contributed by atoms with Gasteiger partial charge in [0.15, 0.2) is 0 Å². The molecule has 1 aromatic carbocycles. The van der Waals surface area contributed by atoms with E-state index in [1.165, 1.54) is 11.1 Å². The first-order valence-corrected chi connectivity index (χ1v) is 7.55. The molecule has 4 heteroatoms. The van der Waals surface area contributed by atoms with Crippen molar-refractivity contribution < 1.29 is 14.7 Å². The van der Waals surface area contributed by atoms with Gasteiger partial charge >= 0.3 is 5.97 Å². The summed E-state index contributed by atoms with van der Waals surface area (Å²) in [5, 5.41) is 12.0. The van der Waals surface area contributed by atoms with Crippen molar-refractivity contribution in [3.8, 4) is 0 Å². The molecule has 3 atom stereocenters. The summed E-state index contributed by atoms with van der Waals surface area (Å²) in [4.78, 5) is 23.0. The lowest BCUT2D eigenvalue weighted by atomic mass is 9.93. The minimum absolute atomic E-state index is 0.0155. The molecular formula is C17H23NO3. The molecule has 0 bridgehead atoms. The number of hydrogen-bond donors (Lipinski definition) is 2. The van der Waals surface area contributed by atoms with Gasteiger partial charge in [-0.3, -0.25) is 9.59 Å². The minimum atomic E-state index is -0.750. The number of aryl methyl sites for hydroxylation is 1. The SMILES string of the molecule is Cc1ccccc1[C@H](C)CC(=O)N[C@H]1CC[C@@H](C(=O)O)C1. The van der Waals surface area contributed by atoms with E-state index in [4.69, 9.17) is 5.11 Å². The van der Waals surface area contributed by atoms with Crippen LogP contribution in [-0.4, -0.2) is 23.0 Å². The average Bonchev–Trinajstić information content (AvgIpc) is 2.87. The Morgan fingerprint density at radius 3 is 2.67 bits per heavy atom. The number of nitrogens with one attached hydrogen (secondary N) is 1. The molecule has 1 aliphatic carbocycles. The van der Waals surface area contributed by atoms with Gasteiger partial charge in [0.2, 0.25) is 5.91 Å². The predicted octanol–water partition coefficient (Wildman–Crippen LogP) is 2.86. The molecule has 2 rings (SSSR count). The van der Waals surface area contributed by atoms with E-state index in [0.717, 1.165) is 6.42 Å². The molecule has 0 aliphatic heterocycles. The van der Waals surface area contributed by atoms with Gasteiger partial charge in [-0.05, 0) is 43.2 Å². The number of carboxylic acids is 1. The lowest BCUT2D eigenvalue weighted by Gasteiger charge is -2.17. The molecule has 114 valence electrons. The Morgan fingerprint density at radius 2 is 2.05 bits per heavy atom. The van der Waals surface area contributed by atoms with Crippen LogP contribution < -0.4 is 5.32 Å². The van der Waals surface area contributed by atoms with Crippen LogP contribution in [0.25, 0.3) is 0 Å². The maximum atomic E-state index is 12.1. The molecule has 1 amide bonds. The summed E-state index contributed by atoms with van der Waals surface area (Å²) in [6.45, 7) is 4.11. The van der Waals surface area contributed by atoms with Crippen LogP contribution in [0.1, 0.15) is 49.7 Å². The number of rotatable bonds is 5. The third-order valence-corrected chi connectivity index (χ3v) is 4.36. The van der Waals surface area contributed by atoms with Crippen LogP contribution in [0.3, 0.4) is 0 Å². The molecule has 1 aliphatic rings. The van der Waals surface area contributed by atoms with Crippen LogP contribution in [0.4, 0.5) is 0 Å². The third-order valence-electron chi connectivity index (χ3n) is 4.36. The van der Waals surface area contributed by atoms with Crippen molar-refractivity contribution in [2.24, 2.45) is 5.92 Å². The zero-order valence-corrected chi connectivity index (χ0v) is 12.6. The summed E-state index contributed by atoms with van der Waals surface area (Å²) < 4.78 is 0. The molecule has 0 spiro atoms. The van der Waals surface area contributed by atoms with Gasteiger partial charge in [0.25, 0.3) is 0 Å². The summed E-state index contributed by atoms with van der Waals surface area (Å²) in [5.74, 6) is -0.867. The minimum Gasteiger partial charge on any atom is -0.481 e. The molecule has 0 aromatic heterocycles. The molecule has 0 saturated heterocycles. The summed E-state index contributed by atoms with van der Waals surface area (Å²) >= 11 is 0. The smallest absolute Gasteiger partial charge is 0.306 e. The summed E-state index contributed by atoms with van der Waals surface area (Å²) in [6, 6.07) is 8.12. The van der Waals surface area contributed by atoms with E-state index in [0.29, 0.717) is 19.3 Å². The van der Waals surface area contributed by atoms with Crippen molar-refractivity contribution in [1.29, 1.82) is 0 Å². The lowest BCUT2D eigenvalue weighted by molar-refractivity contribution is -0.141. The summed E-state index contributed by atoms with van der Waals surface area (Å²) in [5.41, 5.74) is 2.40. The Labute approximate surface area is 125 Å². The van der Waals surface area contributed by atoms with Gasteiger partial charge < -0.3 is 10.4 Å². The van der Waals surface area contributed by atoms with Crippen LogP contribution in [0, 0.1) is 12.8 Å². The number of carbonyl (C=O) groups excluding carboxylic acids is 1. The quantitative estimate of drug-likeness (QED) is 0.876. The largest absolute Gasteiger partial charge is 0.481 e. The fourth-order valence-corrected chi connectivity index (χ4v) is 3.15. The van der Waals surface area contributed by atoms with Gasteiger partial charge in [0.1, 0.15) is 0 Å². The second-order valence-corrected chi connectivity index (χ2v) is 6.07. The van der Waals surface area contributed by atoms with Crippen LogP contribution in [-0.2, 0) is 9.59 Å². The number of amides is 1. The summed E-state index contributed by atoms with van der Waals surface area (Å²) in [7, 11) is 0. The first-order valence-electron chi connectivity index (χ1n) is 7.55. The zero-order valence-electron chi connectivity index (χ0n) is 12.6. The topological polar surface area (TPSA) is 66.4 Å². The highest BCUT2D eigenvalue weighted by Crippen LogP contribution is 2.27. The highest BCUT2D eigenvalue weighted by molar-refractivity contribution is 5.77. The Balaban J connectivity index is 1.85. The lowest BCUT2D eigenvalue weighted by Crippen LogP contribution is -2.34. The van der Waals surface area contributed by atoms with E-state index in [1.54, 1.807) is 0 Å². The average molecular weight is 289 g/mol. The number of benzene rings is 1. The van der Waals surface area contributed by atoms with Crippen molar-refractivity contribution in [2.45, 2.75) is 51.5 Å². The highest BCUT2D eigenvalue weighted by atomic mass is 16.4. The monoisotopic (exact) mass is 289 g/mol. The molecule has 1 fully saturated rings. The Morgan fingerprint density at radius 1 is 1.33 bits per heavy atom. The van der Waals surface area contributed by atoms with Crippen LogP contribution in [0.2, 0.25) is 0 Å². The van der Waals surface area contributed by atoms with Crippen molar-refractivity contribution in [3.63, 3.8) is 0 Å². The molecule has 21 heavy (non-hydrogen) atoms. The maximum absolute atomic E-state index is 12.1. The molecule has 1 saturated carbocycles. The second-order valence-electron chi connectivity index (χ2n) is 6.07. The normalized spacial score (nSPS) is 22.8. The van der Waals surface area contributed by atoms with E-state index in [1.807, 2.05) is 12.1 Å².